The second-order valence-corrected chi connectivity index (χ2v) is 8.45. The number of hydrogen-bond donors (Lipinski definition) is 2. The van der Waals surface area contributed by atoms with Crippen molar-refractivity contribution in [1.82, 2.24) is 10.2 Å². The molecule has 1 aliphatic heterocycles. The highest BCUT2D eigenvalue weighted by molar-refractivity contribution is 5.78. The van der Waals surface area contributed by atoms with E-state index in [0.29, 0.717) is 32.7 Å². The van der Waals surface area contributed by atoms with Gasteiger partial charge < -0.3 is 19.6 Å². The van der Waals surface area contributed by atoms with Crippen LogP contribution < -0.4 is 10.1 Å². The lowest BCUT2D eigenvalue weighted by atomic mass is 9.66. The highest BCUT2D eigenvalue weighted by Gasteiger charge is 2.49. The Kier molecular flexibility index (Phi) is 6.44. The summed E-state index contributed by atoms with van der Waals surface area (Å²) in [6.07, 6.45) is 6.29. The molecule has 0 bridgehead atoms. The zero-order valence-electron chi connectivity index (χ0n) is 17.7. The molecule has 1 aromatic carbocycles. The molecule has 6 heteroatoms. The van der Waals surface area contributed by atoms with E-state index in [1.165, 1.54) is 0 Å². The van der Waals surface area contributed by atoms with Gasteiger partial charge in [0, 0.05) is 24.1 Å². The molecular weight excluding hydrogens is 380 g/mol. The monoisotopic (exact) mass is 412 g/mol. The average molecular weight is 413 g/mol. The molecule has 30 heavy (non-hydrogen) atoms. The minimum Gasteiger partial charge on any atom is -0.494 e. The van der Waals surface area contributed by atoms with Gasteiger partial charge in [-0.05, 0) is 44.4 Å². The molecule has 2 aromatic rings. The Morgan fingerprint density at radius 2 is 2.13 bits per heavy atom. The number of amides is 1. The van der Waals surface area contributed by atoms with E-state index in [1.807, 2.05) is 37.3 Å². The van der Waals surface area contributed by atoms with Crippen molar-refractivity contribution < 1.29 is 19.1 Å². The number of rotatable bonds is 7. The van der Waals surface area contributed by atoms with Crippen LogP contribution in [0.3, 0.4) is 0 Å². The van der Waals surface area contributed by atoms with Crippen molar-refractivity contribution in [3.8, 4) is 5.75 Å². The summed E-state index contributed by atoms with van der Waals surface area (Å²) in [5.41, 5.74) is 0.409. The first-order valence-corrected chi connectivity index (χ1v) is 11.1. The van der Waals surface area contributed by atoms with Crippen LogP contribution in [0.1, 0.15) is 56.4 Å². The number of aliphatic hydroxyl groups is 1. The van der Waals surface area contributed by atoms with Gasteiger partial charge in [-0.25, -0.2) is 0 Å². The van der Waals surface area contributed by atoms with Crippen molar-refractivity contribution in [2.45, 2.75) is 57.2 Å². The molecule has 2 aliphatic rings. The molecule has 0 radical (unpaired) electrons. The second kappa shape index (κ2) is 9.23. The van der Waals surface area contributed by atoms with Gasteiger partial charge in [-0.2, -0.15) is 0 Å². The van der Waals surface area contributed by atoms with Crippen LogP contribution in [0.5, 0.6) is 5.75 Å². The molecule has 0 unspecified atom stereocenters. The minimum atomic E-state index is -0.663. The van der Waals surface area contributed by atoms with E-state index in [-0.39, 0.29) is 17.9 Å². The number of benzene rings is 1. The lowest BCUT2D eigenvalue weighted by Crippen LogP contribution is -2.56. The topological polar surface area (TPSA) is 74.9 Å². The first-order valence-electron chi connectivity index (χ1n) is 11.1. The summed E-state index contributed by atoms with van der Waals surface area (Å²) >= 11 is 0. The fourth-order valence-corrected chi connectivity index (χ4v) is 5.18. The van der Waals surface area contributed by atoms with Gasteiger partial charge in [0.25, 0.3) is 0 Å². The predicted octanol–water partition coefficient (Wildman–Crippen LogP) is 3.66. The van der Waals surface area contributed by atoms with Crippen LogP contribution >= 0.6 is 0 Å². The molecular formula is C24H32N2O4. The van der Waals surface area contributed by atoms with E-state index in [1.54, 1.807) is 6.26 Å². The Hall–Kier alpha value is -2.31. The number of carbonyl (C=O) groups excluding carboxylic acids is 1. The maximum atomic E-state index is 12.7. The molecule has 2 N–H and O–H groups in total. The molecule has 1 amide bonds. The number of nitrogens with one attached hydrogen (secondary N) is 1. The third kappa shape index (κ3) is 4.40. The van der Waals surface area contributed by atoms with E-state index in [4.69, 9.17) is 9.15 Å². The average Bonchev–Trinajstić information content (AvgIpc) is 3.27. The largest absolute Gasteiger partial charge is 0.494 e. The van der Waals surface area contributed by atoms with E-state index >= 15 is 0 Å². The van der Waals surface area contributed by atoms with Crippen LogP contribution in [0.4, 0.5) is 0 Å². The van der Waals surface area contributed by atoms with Gasteiger partial charge in [0.05, 0.1) is 31.6 Å². The van der Waals surface area contributed by atoms with Crippen molar-refractivity contribution in [3.63, 3.8) is 0 Å². The Morgan fingerprint density at radius 1 is 1.27 bits per heavy atom. The van der Waals surface area contributed by atoms with Crippen LogP contribution in [0.2, 0.25) is 0 Å². The molecule has 162 valence electrons. The maximum absolute atomic E-state index is 12.7. The number of hydrogen-bond acceptors (Lipinski definition) is 5. The number of carbonyl (C=O) groups is 1. The molecule has 1 saturated heterocycles. The smallest absolute Gasteiger partial charge is 0.234 e. The van der Waals surface area contributed by atoms with Crippen molar-refractivity contribution in [2.75, 3.05) is 19.7 Å². The number of nitrogens with zero attached hydrogens (tertiary/aromatic N) is 1. The number of ether oxygens (including phenoxy) is 1. The van der Waals surface area contributed by atoms with Crippen LogP contribution in [0.25, 0.3) is 0 Å². The first kappa shape index (κ1) is 20.9. The normalized spacial score (nSPS) is 26.7. The number of piperidine rings is 1. The third-order valence-electron chi connectivity index (χ3n) is 6.60. The Morgan fingerprint density at radius 3 is 2.93 bits per heavy atom. The summed E-state index contributed by atoms with van der Waals surface area (Å²) in [5, 5.41) is 14.4. The summed E-state index contributed by atoms with van der Waals surface area (Å²) in [6.45, 7) is 3.93. The summed E-state index contributed by atoms with van der Waals surface area (Å²) < 4.78 is 11.2. The highest BCUT2D eigenvalue weighted by atomic mass is 16.5. The Labute approximate surface area is 178 Å². The highest BCUT2D eigenvalue weighted by Crippen LogP contribution is 2.50. The molecule has 1 aliphatic carbocycles. The van der Waals surface area contributed by atoms with Gasteiger partial charge >= 0.3 is 0 Å². The van der Waals surface area contributed by atoms with Crippen LogP contribution in [0.15, 0.2) is 47.1 Å². The minimum absolute atomic E-state index is 0.0356. The summed E-state index contributed by atoms with van der Waals surface area (Å²) in [7, 11) is 0. The van der Waals surface area contributed by atoms with Crippen LogP contribution in [0, 0.1) is 5.92 Å². The van der Waals surface area contributed by atoms with Gasteiger partial charge in [0.15, 0.2) is 0 Å². The third-order valence-corrected chi connectivity index (χ3v) is 6.60. The summed E-state index contributed by atoms with van der Waals surface area (Å²) in [5.74, 6) is 1.65. The quantitative estimate of drug-likeness (QED) is 0.726. The second-order valence-electron chi connectivity index (χ2n) is 8.45. The van der Waals surface area contributed by atoms with Crippen molar-refractivity contribution in [3.05, 3.63) is 54.0 Å². The van der Waals surface area contributed by atoms with E-state index in [9.17, 15) is 9.90 Å². The van der Waals surface area contributed by atoms with Crippen LogP contribution in [-0.4, -0.2) is 41.2 Å². The predicted molar refractivity (Wildman–Crippen MR) is 114 cm³/mol. The molecule has 2 fully saturated rings. The van der Waals surface area contributed by atoms with E-state index < -0.39 is 5.60 Å². The van der Waals surface area contributed by atoms with Gasteiger partial charge in [-0.15, -0.1) is 0 Å². The van der Waals surface area contributed by atoms with Crippen LogP contribution in [-0.2, 0) is 11.3 Å². The van der Waals surface area contributed by atoms with Crippen molar-refractivity contribution in [2.24, 2.45) is 5.92 Å². The van der Waals surface area contributed by atoms with Crippen molar-refractivity contribution >= 4 is 5.91 Å². The fraction of sp³-hybridized carbons (Fsp3) is 0.542. The molecule has 6 nitrogen and oxygen atoms in total. The van der Waals surface area contributed by atoms with Gasteiger partial charge in [-0.3, -0.25) is 9.69 Å². The van der Waals surface area contributed by atoms with Gasteiger partial charge in [0.1, 0.15) is 11.5 Å². The van der Waals surface area contributed by atoms with Gasteiger partial charge in [0.2, 0.25) is 5.91 Å². The summed E-state index contributed by atoms with van der Waals surface area (Å²) in [6, 6.07) is 11.7. The molecule has 4 rings (SSSR count). The number of furan rings is 1. The van der Waals surface area contributed by atoms with Crippen molar-refractivity contribution in [1.29, 1.82) is 0 Å². The lowest BCUT2D eigenvalue weighted by molar-refractivity contribution is -0.138. The number of fused-ring (bicyclic) bond motifs is 1. The van der Waals surface area contributed by atoms with Gasteiger partial charge in [-0.1, -0.05) is 31.0 Å². The number of para-hydroxylation sites is 1. The summed E-state index contributed by atoms with van der Waals surface area (Å²) in [4.78, 5) is 15.0. The Balaban J connectivity index is 1.57. The molecule has 1 aromatic heterocycles. The fourth-order valence-electron chi connectivity index (χ4n) is 5.18. The molecule has 1 saturated carbocycles. The SMILES string of the molecule is CCOc1ccccc1[C@H]1[C@H]2CCCC[C@]2(O)CCN1CC(=O)NCc1ccco1. The zero-order valence-corrected chi connectivity index (χ0v) is 17.7. The van der Waals surface area contributed by atoms with E-state index in [0.717, 1.165) is 42.8 Å². The molecule has 3 atom stereocenters. The first-order chi connectivity index (χ1) is 14.6. The standard InChI is InChI=1S/C24H32N2O4/c1-2-29-21-11-4-3-9-19(21)23-20-10-5-6-12-24(20,28)13-14-26(23)17-22(27)25-16-18-8-7-15-30-18/h3-4,7-9,11,15,20,23,28H,2,5-6,10,12-14,16-17H2,1H3,(H,25,27)/t20-,23+,24+/m1/s1. The Bertz CT molecular complexity index is 837. The lowest BCUT2D eigenvalue weighted by Gasteiger charge is -2.52. The van der Waals surface area contributed by atoms with E-state index in [2.05, 4.69) is 16.3 Å². The zero-order chi connectivity index (χ0) is 21.0. The number of likely N-dealkylation sites (tertiary alicyclic amines) is 1. The maximum Gasteiger partial charge on any atom is 0.234 e. The molecule has 0 spiro atoms. The molecule has 2 heterocycles.